The summed E-state index contributed by atoms with van der Waals surface area (Å²) in [6.07, 6.45) is 0. The number of halogens is 2. The lowest BCUT2D eigenvalue weighted by Crippen LogP contribution is -2.20. The Morgan fingerprint density at radius 3 is 2.53 bits per heavy atom. The predicted octanol–water partition coefficient (Wildman–Crippen LogP) is 6.59. The van der Waals surface area contributed by atoms with Gasteiger partial charge < -0.3 is 20.1 Å². The van der Waals surface area contributed by atoms with Gasteiger partial charge in [-0.3, -0.25) is 4.79 Å². The van der Waals surface area contributed by atoms with E-state index in [0.29, 0.717) is 35.4 Å². The van der Waals surface area contributed by atoms with Gasteiger partial charge in [-0.05, 0) is 90.4 Å². The molecule has 2 N–H and O–H groups in total. The highest BCUT2D eigenvalue weighted by molar-refractivity contribution is 14.1. The summed E-state index contributed by atoms with van der Waals surface area (Å²) in [5, 5.41) is 6.86. The van der Waals surface area contributed by atoms with E-state index in [1.807, 2.05) is 50.2 Å². The summed E-state index contributed by atoms with van der Waals surface area (Å²) in [6.45, 7) is 6.91. The van der Waals surface area contributed by atoms with E-state index >= 15 is 0 Å². The number of hydrogen-bond donors (Lipinski definition) is 2. The number of ether oxygens (including phenoxy) is 2. The molecule has 0 saturated carbocycles. The molecule has 0 heterocycles. The lowest BCUT2D eigenvalue weighted by molar-refractivity contribution is -0.118. The Hall–Kier alpha value is -2.45. The lowest BCUT2D eigenvalue weighted by Gasteiger charge is -2.16. The average molecular weight is 565 g/mol. The molecular formula is C25H26ClIN2O3. The van der Waals surface area contributed by atoms with Crippen molar-refractivity contribution >= 4 is 51.5 Å². The van der Waals surface area contributed by atoms with E-state index in [1.165, 1.54) is 5.56 Å². The molecule has 32 heavy (non-hydrogen) atoms. The molecule has 0 aliphatic heterocycles. The minimum Gasteiger partial charge on any atom is -0.490 e. The molecule has 1 amide bonds. The molecule has 0 fully saturated rings. The van der Waals surface area contributed by atoms with Crippen molar-refractivity contribution in [3.8, 4) is 11.5 Å². The number of anilines is 2. The topological polar surface area (TPSA) is 59.6 Å². The standard InChI is InChI=1S/C25H26ClIN2O3/c1-4-31-23-12-18(14-28-22-8-6-5-7-17(22)3)11-21(27)25(23)32-15-24(30)29-19-10-9-16(2)20(26)13-19/h5-13,28H,4,14-15H2,1-3H3,(H,29,30). The van der Waals surface area contributed by atoms with Crippen LogP contribution in [0.1, 0.15) is 23.6 Å². The van der Waals surface area contributed by atoms with Gasteiger partial charge in [0.25, 0.3) is 5.91 Å². The van der Waals surface area contributed by atoms with E-state index in [1.54, 1.807) is 6.07 Å². The fourth-order valence-electron chi connectivity index (χ4n) is 3.10. The van der Waals surface area contributed by atoms with E-state index in [-0.39, 0.29) is 12.5 Å². The van der Waals surface area contributed by atoms with Crippen molar-refractivity contribution in [2.45, 2.75) is 27.3 Å². The number of para-hydroxylation sites is 1. The smallest absolute Gasteiger partial charge is 0.262 e. The molecule has 3 aromatic carbocycles. The molecule has 0 spiro atoms. The Balaban J connectivity index is 1.68. The van der Waals surface area contributed by atoms with Crippen molar-refractivity contribution in [3.63, 3.8) is 0 Å². The molecule has 3 aromatic rings. The van der Waals surface area contributed by atoms with Crippen molar-refractivity contribution in [2.75, 3.05) is 23.8 Å². The maximum atomic E-state index is 12.4. The molecule has 7 heteroatoms. The summed E-state index contributed by atoms with van der Waals surface area (Å²) in [5.74, 6) is 0.907. The number of amides is 1. The summed E-state index contributed by atoms with van der Waals surface area (Å²) in [4.78, 5) is 12.4. The first kappa shape index (κ1) is 24.2. The van der Waals surface area contributed by atoms with Gasteiger partial charge in [0, 0.05) is 22.9 Å². The molecule has 0 aromatic heterocycles. The van der Waals surface area contributed by atoms with Crippen LogP contribution in [0.3, 0.4) is 0 Å². The molecule has 3 rings (SSSR count). The van der Waals surface area contributed by atoms with Crippen molar-refractivity contribution in [2.24, 2.45) is 0 Å². The van der Waals surface area contributed by atoms with Crippen LogP contribution in [-0.2, 0) is 11.3 Å². The van der Waals surface area contributed by atoms with Gasteiger partial charge in [0.05, 0.1) is 10.2 Å². The highest BCUT2D eigenvalue weighted by atomic mass is 127. The second kappa shape index (κ2) is 11.4. The van der Waals surface area contributed by atoms with Gasteiger partial charge in [-0.1, -0.05) is 35.9 Å². The molecule has 0 bridgehead atoms. The number of nitrogens with one attached hydrogen (secondary N) is 2. The molecule has 5 nitrogen and oxygen atoms in total. The van der Waals surface area contributed by atoms with E-state index in [9.17, 15) is 4.79 Å². The molecule has 168 valence electrons. The number of aryl methyl sites for hydroxylation is 2. The van der Waals surface area contributed by atoms with Crippen molar-refractivity contribution in [1.29, 1.82) is 0 Å². The number of hydrogen-bond acceptors (Lipinski definition) is 4. The summed E-state index contributed by atoms with van der Waals surface area (Å²) in [6, 6.07) is 17.5. The third kappa shape index (κ3) is 6.53. The third-order valence-electron chi connectivity index (χ3n) is 4.80. The second-order valence-corrected chi connectivity index (χ2v) is 8.88. The first-order valence-electron chi connectivity index (χ1n) is 10.3. The van der Waals surface area contributed by atoms with E-state index in [4.69, 9.17) is 21.1 Å². The van der Waals surface area contributed by atoms with Crippen LogP contribution < -0.4 is 20.1 Å². The van der Waals surface area contributed by atoms with Gasteiger partial charge in [0.1, 0.15) is 0 Å². The van der Waals surface area contributed by atoms with Gasteiger partial charge in [-0.15, -0.1) is 0 Å². The van der Waals surface area contributed by atoms with Crippen LogP contribution in [-0.4, -0.2) is 19.1 Å². The van der Waals surface area contributed by atoms with Crippen LogP contribution in [0.15, 0.2) is 54.6 Å². The maximum Gasteiger partial charge on any atom is 0.262 e. The largest absolute Gasteiger partial charge is 0.490 e. The zero-order valence-corrected chi connectivity index (χ0v) is 21.2. The fraction of sp³-hybridized carbons (Fsp3) is 0.240. The fourth-order valence-corrected chi connectivity index (χ4v) is 4.10. The third-order valence-corrected chi connectivity index (χ3v) is 6.01. The van der Waals surface area contributed by atoms with Crippen LogP contribution >= 0.6 is 34.2 Å². The average Bonchev–Trinajstić information content (AvgIpc) is 2.75. The molecule has 0 aliphatic carbocycles. The normalized spacial score (nSPS) is 10.5. The molecule has 0 aliphatic rings. The predicted molar refractivity (Wildman–Crippen MR) is 139 cm³/mol. The summed E-state index contributed by atoms with van der Waals surface area (Å²) in [5.41, 5.74) is 4.93. The number of rotatable bonds is 9. The van der Waals surface area contributed by atoms with Crippen LogP contribution in [0.4, 0.5) is 11.4 Å². The minimum atomic E-state index is -0.270. The van der Waals surface area contributed by atoms with E-state index in [2.05, 4.69) is 52.3 Å². The molecular weight excluding hydrogens is 539 g/mol. The van der Waals surface area contributed by atoms with E-state index in [0.717, 1.165) is 20.4 Å². The quantitative estimate of drug-likeness (QED) is 0.288. The van der Waals surface area contributed by atoms with Crippen molar-refractivity contribution in [3.05, 3.63) is 79.9 Å². The minimum absolute atomic E-state index is 0.137. The lowest BCUT2D eigenvalue weighted by atomic mass is 10.1. The number of carbonyl (C=O) groups excluding carboxylic acids is 1. The summed E-state index contributed by atoms with van der Waals surface area (Å²) >= 11 is 8.34. The van der Waals surface area contributed by atoms with Gasteiger partial charge in [-0.2, -0.15) is 0 Å². The molecule has 0 unspecified atom stereocenters. The van der Waals surface area contributed by atoms with Crippen LogP contribution in [0.2, 0.25) is 5.02 Å². The first-order valence-corrected chi connectivity index (χ1v) is 11.8. The Morgan fingerprint density at radius 2 is 1.81 bits per heavy atom. The molecule has 0 radical (unpaired) electrons. The Labute approximate surface area is 207 Å². The zero-order chi connectivity index (χ0) is 23.1. The monoisotopic (exact) mass is 564 g/mol. The summed E-state index contributed by atoms with van der Waals surface area (Å²) < 4.78 is 12.5. The van der Waals surface area contributed by atoms with Crippen LogP contribution in [0, 0.1) is 17.4 Å². The van der Waals surface area contributed by atoms with Crippen molar-refractivity contribution in [1.82, 2.24) is 0 Å². The highest BCUT2D eigenvalue weighted by Crippen LogP contribution is 2.34. The van der Waals surface area contributed by atoms with Gasteiger partial charge >= 0.3 is 0 Å². The summed E-state index contributed by atoms with van der Waals surface area (Å²) in [7, 11) is 0. The second-order valence-electron chi connectivity index (χ2n) is 7.31. The van der Waals surface area contributed by atoms with E-state index < -0.39 is 0 Å². The van der Waals surface area contributed by atoms with Gasteiger partial charge in [0.2, 0.25) is 0 Å². The number of carbonyl (C=O) groups is 1. The maximum absolute atomic E-state index is 12.4. The van der Waals surface area contributed by atoms with Crippen LogP contribution in [0.5, 0.6) is 11.5 Å². The number of benzene rings is 3. The Kier molecular flexibility index (Phi) is 8.64. The molecule has 0 atom stereocenters. The van der Waals surface area contributed by atoms with Gasteiger partial charge in [0.15, 0.2) is 18.1 Å². The Bertz CT molecular complexity index is 1100. The molecule has 0 saturated heterocycles. The first-order chi connectivity index (χ1) is 15.4. The zero-order valence-electron chi connectivity index (χ0n) is 18.3. The highest BCUT2D eigenvalue weighted by Gasteiger charge is 2.15. The van der Waals surface area contributed by atoms with Crippen LogP contribution in [0.25, 0.3) is 0 Å². The van der Waals surface area contributed by atoms with Crippen molar-refractivity contribution < 1.29 is 14.3 Å². The SMILES string of the molecule is CCOc1cc(CNc2ccccc2C)cc(I)c1OCC(=O)Nc1ccc(C)c(Cl)c1. The van der Waals surface area contributed by atoms with Gasteiger partial charge in [-0.25, -0.2) is 0 Å². The Morgan fingerprint density at radius 1 is 1.03 bits per heavy atom.